The van der Waals surface area contributed by atoms with Crippen molar-refractivity contribution in [1.82, 2.24) is 10.2 Å². The summed E-state index contributed by atoms with van der Waals surface area (Å²) in [5.41, 5.74) is 2.95. The lowest BCUT2D eigenvalue weighted by atomic mass is 10.1. The summed E-state index contributed by atoms with van der Waals surface area (Å²) in [6.45, 7) is 7.96. The predicted molar refractivity (Wildman–Crippen MR) is 127 cm³/mol. The third kappa shape index (κ3) is 7.22. The summed E-state index contributed by atoms with van der Waals surface area (Å²) in [4.78, 5) is 27.3. The highest BCUT2D eigenvalue weighted by Crippen LogP contribution is 2.28. The average molecular weight is 467 g/mol. The number of carbonyl (C=O) groups excluding carboxylic acids is 2. The molecule has 0 aromatic heterocycles. The number of thioether (sulfide) groups is 1. The minimum atomic E-state index is -0.578. The molecule has 0 aliphatic carbocycles. The molecule has 0 spiro atoms. The van der Waals surface area contributed by atoms with Gasteiger partial charge in [0.25, 0.3) is 0 Å². The molecule has 0 saturated carbocycles. The second-order valence-corrected chi connectivity index (χ2v) is 9.34. The molecule has 0 unspecified atom stereocenters. The molecule has 1 atom stereocenters. The Bertz CT molecular complexity index is 852. The number of nitrogens with zero attached hydrogens (tertiary/aromatic N) is 1. The minimum Gasteiger partial charge on any atom is -0.352 e. The van der Waals surface area contributed by atoms with E-state index in [9.17, 15) is 9.59 Å². The van der Waals surface area contributed by atoms with Gasteiger partial charge in [-0.05, 0) is 51.0 Å². The van der Waals surface area contributed by atoms with Gasteiger partial charge >= 0.3 is 0 Å². The van der Waals surface area contributed by atoms with Gasteiger partial charge in [0.05, 0.1) is 5.75 Å². The Balaban J connectivity index is 2.10. The Kier molecular flexibility index (Phi) is 9.53. The average Bonchev–Trinajstić information content (AvgIpc) is 2.68. The van der Waals surface area contributed by atoms with Gasteiger partial charge in [0.1, 0.15) is 6.04 Å². The number of rotatable bonds is 9. The van der Waals surface area contributed by atoms with E-state index in [2.05, 4.69) is 5.32 Å². The van der Waals surface area contributed by atoms with Gasteiger partial charge in [-0.1, -0.05) is 59.1 Å². The second kappa shape index (κ2) is 11.6. The van der Waals surface area contributed by atoms with E-state index in [4.69, 9.17) is 23.2 Å². The van der Waals surface area contributed by atoms with E-state index in [-0.39, 0.29) is 23.6 Å². The zero-order chi connectivity index (χ0) is 22.3. The van der Waals surface area contributed by atoms with E-state index < -0.39 is 6.04 Å². The van der Waals surface area contributed by atoms with E-state index in [0.717, 1.165) is 16.7 Å². The molecule has 30 heavy (non-hydrogen) atoms. The first-order valence-electron chi connectivity index (χ1n) is 9.85. The monoisotopic (exact) mass is 466 g/mol. The lowest BCUT2D eigenvalue weighted by Gasteiger charge is -2.29. The van der Waals surface area contributed by atoms with Crippen molar-refractivity contribution in [3.05, 3.63) is 69.2 Å². The smallest absolute Gasteiger partial charge is 0.242 e. The molecule has 2 aromatic carbocycles. The molecule has 162 valence electrons. The maximum Gasteiger partial charge on any atom is 0.242 e. The molecular formula is C23H28Cl2N2O2S. The zero-order valence-electron chi connectivity index (χ0n) is 17.7. The Labute approximate surface area is 193 Å². The van der Waals surface area contributed by atoms with Crippen LogP contribution in [-0.4, -0.2) is 34.6 Å². The van der Waals surface area contributed by atoms with Crippen LogP contribution >= 0.6 is 35.0 Å². The lowest BCUT2D eigenvalue weighted by Crippen LogP contribution is -2.49. The van der Waals surface area contributed by atoms with Crippen LogP contribution in [-0.2, 0) is 21.9 Å². The highest BCUT2D eigenvalue weighted by molar-refractivity contribution is 7.99. The Morgan fingerprint density at radius 3 is 2.20 bits per heavy atom. The molecule has 2 aromatic rings. The van der Waals surface area contributed by atoms with Gasteiger partial charge in [-0.15, -0.1) is 11.8 Å². The molecule has 0 aliphatic rings. The molecule has 0 aliphatic heterocycles. The first-order valence-corrected chi connectivity index (χ1v) is 11.8. The summed E-state index contributed by atoms with van der Waals surface area (Å²) < 4.78 is 0. The maximum absolute atomic E-state index is 13.1. The zero-order valence-corrected chi connectivity index (χ0v) is 20.1. The van der Waals surface area contributed by atoms with Gasteiger partial charge in [-0.25, -0.2) is 0 Å². The van der Waals surface area contributed by atoms with Crippen molar-refractivity contribution in [3.63, 3.8) is 0 Å². The van der Waals surface area contributed by atoms with Crippen molar-refractivity contribution < 1.29 is 9.59 Å². The number of benzene rings is 2. The van der Waals surface area contributed by atoms with Gasteiger partial charge in [-0.3, -0.25) is 9.59 Å². The molecule has 0 radical (unpaired) electrons. The van der Waals surface area contributed by atoms with Crippen LogP contribution in [0, 0.1) is 6.92 Å². The molecule has 7 heteroatoms. The third-order valence-corrected chi connectivity index (χ3v) is 6.26. The summed E-state index contributed by atoms with van der Waals surface area (Å²) >= 11 is 13.9. The third-order valence-electron chi connectivity index (χ3n) is 4.61. The van der Waals surface area contributed by atoms with E-state index in [0.29, 0.717) is 22.3 Å². The molecule has 1 N–H and O–H groups in total. The van der Waals surface area contributed by atoms with E-state index in [1.54, 1.807) is 30.0 Å². The fraction of sp³-hybridized carbons (Fsp3) is 0.391. The van der Waals surface area contributed by atoms with Crippen LogP contribution in [0.25, 0.3) is 0 Å². The molecule has 0 bridgehead atoms. The van der Waals surface area contributed by atoms with Crippen LogP contribution in [0.15, 0.2) is 42.5 Å². The normalized spacial score (nSPS) is 12.0. The molecule has 2 amide bonds. The van der Waals surface area contributed by atoms with Crippen molar-refractivity contribution >= 4 is 46.8 Å². The first kappa shape index (κ1) is 24.6. The van der Waals surface area contributed by atoms with Crippen LogP contribution in [0.2, 0.25) is 10.0 Å². The van der Waals surface area contributed by atoms with Crippen LogP contribution in [0.1, 0.15) is 37.5 Å². The van der Waals surface area contributed by atoms with Crippen molar-refractivity contribution in [1.29, 1.82) is 0 Å². The lowest BCUT2D eigenvalue weighted by molar-refractivity contribution is -0.138. The van der Waals surface area contributed by atoms with Gasteiger partial charge in [0.15, 0.2) is 0 Å². The highest BCUT2D eigenvalue weighted by Gasteiger charge is 2.26. The van der Waals surface area contributed by atoms with Crippen LogP contribution < -0.4 is 5.32 Å². The first-order chi connectivity index (χ1) is 14.2. The Morgan fingerprint density at radius 2 is 1.63 bits per heavy atom. The van der Waals surface area contributed by atoms with Crippen LogP contribution in [0.4, 0.5) is 0 Å². The van der Waals surface area contributed by atoms with Gasteiger partial charge < -0.3 is 10.2 Å². The number of nitrogens with one attached hydrogen (secondary N) is 1. The summed E-state index contributed by atoms with van der Waals surface area (Å²) in [6.07, 6.45) is 0. The number of hydrogen-bond donors (Lipinski definition) is 1. The largest absolute Gasteiger partial charge is 0.352 e. The van der Waals surface area contributed by atoms with Crippen molar-refractivity contribution in [2.24, 2.45) is 0 Å². The predicted octanol–water partition coefficient (Wildman–Crippen LogP) is 5.48. The maximum atomic E-state index is 13.1. The molecule has 4 nitrogen and oxygen atoms in total. The van der Waals surface area contributed by atoms with Crippen LogP contribution in [0.5, 0.6) is 0 Å². The summed E-state index contributed by atoms with van der Waals surface area (Å²) in [6, 6.07) is 12.8. The number of amides is 2. The van der Waals surface area contributed by atoms with Crippen molar-refractivity contribution in [3.8, 4) is 0 Å². The topological polar surface area (TPSA) is 49.4 Å². The summed E-state index contributed by atoms with van der Waals surface area (Å²) in [7, 11) is 0. The molecule has 0 saturated heterocycles. The van der Waals surface area contributed by atoms with Gasteiger partial charge in [0.2, 0.25) is 11.8 Å². The number of halogens is 2. The van der Waals surface area contributed by atoms with E-state index in [1.165, 1.54) is 11.8 Å². The van der Waals surface area contributed by atoms with Crippen molar-refractivity contribution in [2.75, 3.05) is 5.75 Å². The number of carbonyl (C=O) groups is 2. The highest BCUT2D eigenvalue weighted by atomic mass is 35.5. The van der Waals surface area contributed by atoms with Gasteiger partial charge in [-0.2, -0.15) is 0 Å². The molecule has 0 heterocycles. The van der Waals surface area contributed by atoms with E-state index >= 15 is 0 Å². The van der Waals surface area contributed by atoms with Crippen molar-refractivity contribution in [2.45, 2.75) is 52.1 Å². The van der Waals surface area contributed by atoms with Gasteiger partial charge in [0, 0.05) is 28.4 Å². The quantitative estimate of drug-likeness (QED) is 0.532. The second-order valence-electron chi connectivity index (χ2n) is 7.54. The number of hydrogen-bond acceptors (Lipinski definition) is 3. The molecule has 2 rings (SSSR count). The molecule has 0 fully saturated rings. The number of aryl methyl sites for hydroxylation is 1. The minimum absolute atomic E-state index is 0.00742. The summed E-state index contributed by atoms with van der Waals surface area (Å²) in [5.74, 6) is 0.488. The SMILES string of the molecule is Cc1ccc(CN(C(=O)CSCc2c(Cl)cccc2Cl)[C@H](C)C(=O)NC(C)C)cc1. The Morgan fingerprint density at radius 1 is 1.03 bits per heavy atom. The summed E-state index contributed by atoms with van der Waals surface area (Å²) in [5, 5.41) is 4.07. The molecular weight excluding hydrogens is 439 g/mol. The fourth-order valence-corrected chi connectivity index (χ4v) is 4.52. The standard InChI is InChI=1S/C23H28Cl2N2O2S/c1-15(2)26-23(29)17(4)27(12-18-10-8-16(3)9-11-18)22(28)14-30-13-19-20(24)6-5-7-21(19)25/h5-11,15,17H,12-14H2,1-4H3,(H,26,29)/t17-/m1/s1. The van der Waals surface area contributed by atoms with Crippen LogP contribution in [0.3, 0.4) is 0 Å². The Hall–Kier alpha value is -1.69. The fourth-order valence-electron chi connectivity index (χ4n) is 2.87. The van der Waals surface area contributed by atoms with E-state index in [1.807, 2.05) is 45.0 Å².